The molecule has 236 valence electrons. The molecule has 0 bridgehead atoms. The molecule has 0 atom stereocenters. The SMILES string of the molecule is CCOC(=O)c1cnn(-c2cccc(-c3sc(C)cc3COc3ccc(C4=CCN(C(=O)O)CC4)c(CO)c3)n2)c1C(F)(F)F. The van der Waals surface area contributed by atoms with Crippen molar-refractivity contribution >= 4 is 29.0 Å². The van der Waals surface area contributed by atoms with Crippen LogP contribution in [0.5, 0.6) is 5.75 Å². The van der Waals surface area contributed by atoms with Gasteiger partial charge in [0.25, 0.3) is 0 Å². The van der Waals surface area contributed by atoms with Gasteiger partial charge in [-0.15, -0.1) is 11.3 Å². The normalized spacial score (nSPS) is 13.5. The van der Waals surface area contributed by atoms with E-state index in [1.807, 2.05) is 25.1 Å². The van der Waals surface area contributed by atoms with E-state index in [0.717, 1.165) is 27.8 Å². The molecule has 0 saturated heterocycles. The van der Waals surface area contributed by atoms with Crippen molar-refractivity contribution < 1.29 is 42.4 Å². The van der Waals surface area contributed by atoms with Crippen molar-refractivity contribution in [2.24, 2.45) is 0 Å². The Morgan fingerprint density at radius 2 is 1.93 bits per heavy atom. The fourth-order valence-corrected chi connectivity index (χ4v) is 6.05. The van der Waals surface area contributed by atoms with E-state index in [2.05, 4.69) is 10.1 Å². The minimum Gasteiger partial charge on any atom is -0.489 e. The van der Waals surface area contributed by atoms with Gasteiger partial charge in [0.05, 0.1) is 30.0 Å². The average Bonchev–Trinajstić information content (AvgIpc) is 3.64. The Morgan fingerprint density at radius 1 is 1.13 bits per heavy atom. The minimum absolute atomic E-state index is 0.0887. The molecule has 5 rings (SSSR count). The largest absolute Gasteiger partial charge is 0.489 e. The lowest BCUT2D eigenvalue weighted by Crippen LogP contribution is -2.33. The highest BCUT2D eigenvalue weighted by molar-refractivity contribution is 7.15. The van der Waals surface area contributed by atoms with Crippen LogP contribution in [0.3, 0.4) is 0 Å². The van der Waals surface area contributed by atoms with Crippen LogP contribution in [0.25, 0.3) is 22.0 Å². The van der Waals surface area contributed by atoms with Crippen molar-refractivity contribution in [2.45, 2.75) is 39.7 Å². The predicted octanol–water partition coefficient (Wildman–Crippen LogP) is 6.34. The highest BCUT2D eigenvalue weighted by Gasteiger charge is 2.41. The second-order valence-corrected chi connectivity index (χ2v) is 11.4. The Kier molecular flexibility index (Phi) is 9.25. The summed E-state index contributed by atoms with van der Waals surface area (Å²) in [4.78, 5) is 30.8. The molecular formula is C31H29F3N4O6S. The van der Waals surface area contributed by atoms with Crippen molar-refractivity contribution in [3.63, 3.8) is 0 Å². The summed E-state index contributed by atoms with van der Waals surface area (Å²) >= 11 is 1.40. The monoisotopic (exact) mass is 642 g/mol. The molecule has 10 nitrogen and oxygen atoms in total. The van der Waals surface area contributed by atoms with E-state index >= 15 is 0 Å². The molecule has 4 heterocycles. The molecule has 45 heavy (non-hydrogen) atoms. The number of thiophene rings is 1. The number of carbonyl (C=O) groups is 2. The summed E-state index contributed by atoms with van der Waals surface area (Å²) < 4.78 is 53.6. The van der Waals surface area contributed by atoms with Gasteiger partial charge in [-0.05, 0) is 67.3 Å². The third-order valence-corrected chi connectivity index (χ3v) is 8.23. The smallest absolute Gasteiger partial charge is 0.434 e. The van der Waals surface area contributed by atoms with Gasteiger partial charge < -0.3 is 24.6 Å². The maximum Gasteiger partial charge on any atom is 0.434 e. The number of aliphatic hydroxyl groups is 1. The summed E-state index contributed by atoms with van der Waals surface area (Å²) in [5.74, 6) is -0.751. The van der Waals surface area contributed by atoms with Crippen LogP contribution in [0.4, 0.5) is 18.0 Å². The van der Waals surface area contributed by atoms with Crippen molar-refractivity contribution in [3.8, 4) is 22.1 Å². The highest BCUT2D eigenvalue weighted by Crippen LogP contribution is 2.36. The lowest BCUT2D eigenvalue weighted by atomic mass is 9.95. The number of rotatable bonds is 9. The van der Waals surface area contributed by atoms with Gasteiger partial charge in [0.1, 0.15) is 17.9 Å². The second-order valence-electron chi connectivity index (χ2n) is 10.1. The number of pyridine rings is 1. The molecule has 0 radical (unpaired) electrons. The minimum atomic E-state index is -4.90. The number of carbonyl (C=O) groups excluding carboxylic acids is 1. The first-order valence-electron chi connectivity index (χ1n) is 13.9. The van der Waals surface area contributed by atoms with Crippen molar-refractivity contribution in [1.82, 2.24) is 19.7 Å². The number of nitrogens with zero attached hydrogens (tertiary/aromatic N) is 4. The first kappa shape index (κ1) is 31.7. The van der Waals surface area contributed by atoms with Crippen LogP contribution in [0.2, 0.25) is 0 Å². The molecule has 2 N–H and O–H groups in total. The molecule has 1 aliphatic rings. The van der Waals surface area contributed by atoms with Gasteiger partial charge in [-0.3, -0.25) is 0 Å². The molecule has 1 aliphatic heterocycles. The van der Waals surface area contributed by atoms with E-state index < -0.39 is 29.5 Å². The number of amides is 1. The average molecular weight is 643 g/mol. The maximum atomic E-state index is 14.1. The summed E-state index contributed by atoms with van der Waals surface area (Å²) in [6.45, 7) is 3.82. The lowest BCUT2D eigenvalue weighted by Gasteiger charge is -2.25. The van der Waals surface area contributed by atoms with Crippen molar-refractivity contribution in [2.75, 3.05) is 19.7 Å². The molecule has 0 spiro atoms. The fourth-order valence-electron chi connectivity index (χ4n) is 5.06. The van der Waals surface area contributed by atoms with Crippen LogP contribution in [0, 0.1) is 6.92 Å². The number of carboxylic acid groups (broad SMARTS) is 1. The van der Waals surface area contributed by atoms with Gasteiger partial charge in [-0.25, -0.2) is 19.3 Å². The first-order valence-corrected chi connectivity index (χ1v) is 14.7. The zero-order chi connectivity index (χ0) is 32.3. The van der Waals surface area contributed by atoms with E-state index in [1.54, 1.807) is 24.3 Å². The lowest BCUT2D eigenvalue weighted by molar-refractivity contribution is -0.143. The quantitative estimate of drug-likeness (QED) is 0.203. The van der Waals surface area contributed by atoms with Gasteiger partial charge in [0.2, 0.25) is 0 Å². The molecule has 14 heteroatoms. The number of hydrogen-bond acceptors (Lipinski definition) is 8. The Hall–Kier alpha value is -4.69. The molecule has 1 aromatic carbocycles. The summed E-state index contributed by atoms with van der Waals surface area (Å²) in [6.07, 6.45) is -2.69. The molecule has 1 amide bonds. The second kappa shape index (κ2) is 13.1. The Labute approximate surface area is 260 Å². The standard InChI is InChI=1S/C31H29F3N4O6S/c1-3-43-29(40)24-15-35-38(28(24)31(32,33)34)26-6-4-5-25(36-26)27-21(13-18(2)45-27)17-44-22-7-8-23(20(14-22)16-39)19-9-11-37(12-10-19)30(41)42/h4-9,13-15,39H,3,10-12,16-17H2,1-2H3,(H,41,42). The van der Waals surface area contributed by atoms with Crippen LogP contribution in [0.15, 0.2) is 54.7 Å². The summed E-state index contributed by atoms with van der Waals surface area (Å²) in [5, 5.41) is 23.1. The van der Waals surface area contributed by atoms with Crippen molar-refractivity contribution in [1.29, 1.82) is 0 Å². The zero-order valence-corrected chi connectivity index (χ0v) is 25.1. The van der Waals surface area contributed by atoms with Crippen LogP contribution in [-0.2, 0) is 24.1 Å². The van der Waals surface area contributed by atoms with Gasteiger partial charge >= 0.3 is 18.2 Å². The number of hydrogen-bond donors (Lipinski definition) is 2. The molecule has 0 saturated carbocycles. The third-order valence-electron chi connectivity index (χ3n) is 7.12. The number of alkyl halides is 3. The van der Waals surface area contributed by atoms with E-state index in [4.69, 9.17) is 9.47 Å². The topological polar surface area (TPSA) is 127 Å². The Balaban J connectivity index is 1.39. The van der Waals surface area contributed by atoms with Gasteiger partial charge in [0, 0.05) is 23.5 Å². The number of aromatic nitrogens is 3. The van der Waals surface area contributed by atoms with Gasteiger partial charge in [0.15, 0.2) is 11.5 Å². The number of halogens is 3. The van der Waals surface area contributed by atoms with E-state index in [0.29, 0.717) is 39.5 Å². The van der Waals surface area contributed by atoms with Gasteiger partial charge in [-0.1, -0.05) is 18.2 Å². The van der Waals surface area contributed by atoms with Gasteiger partial charge in [-0.2, -0.15) is 18.3 Å². The molecule has 4 aromatic rings. The van der Waals surface area contributed by atoms with E-state index in [-0.39, 0.29) is 32.2 Å². The third kappa shape index (κ3) is 6.86. The summed E-state index contributed by atoms with van der Waals surface area (Å²) in [6, 6.07) is 11.8. The van der Waals surface area contributed by atoms with Crippen molar-refractivity contribution in [3.05, 3.63) is 87.6 Å². The van der Waals surface area contributed by atoms with Crippen LogP contribution < -0.4 is 4.74 Å². The maximum absolute atomic E-state index is 14.1. The number of aliphatic hydroxyl groups excluding tert-OH is 1. The van der Waals surface area contributed by atoms with Crippen LogP contribution >= 0.6 is 11.3 Å². The predicted molar refractivity (Wildman–Crippen MR) is 159 cm³/mol. The summed E-state index contributed by atoms with van der Waals surface area (Å²) in [5.41, 5.74) is 1.59. The number of ether oxygens (including phenoxy) is 2. The first-order chi connectivity index (χ1) is 21.5. The molecule has 0 unspecified atom stereocenters. The Morgan fingerprint density at radius 3 is 2.60 bits per heavy atom. The Bertz CT molecular complexity index is 1760. The van der Waals surface area contributed by atoms with Crippen LogP contribution in [0.1, 0.15) is 51.0 Å². The van der Waals surface area contributed by atoms with E-state index in [9.17, 15) is 33.0 Å². The summed E-state index contributed by atoms with van der Waals surface area (Å²) in [7, 11) is 0. The number of esters is 1. The molecule has 0 aliphatic carbocycles. The number of aryl methyl sites for hydroxylation is 1. The molecule has 0 fully saturated rings. The van der Waals surface area contributed by atoms with E-state index in [1.165, 1.54) is 29.2 Å². The highest BCUT2D eigenvalue weighted by atomic mass is 32.1. The number of benzene rings is 1. The van der Waals surface area contributed by atoms with Crippen LogP contribution in [-0.4, -0.2) is 61.6 Å². The molecular weight excluding hydrogens is 613 g/mol. The molecule has 3 aromatic heterocycles. The fraction of sp³-hybridized carbons (Fsp3) is 0.290. The zero-order valence-electron chi connectivity index (χ0n) is 24.3.